The quantitative estimate of drug-likeness (QED) is 0.772. The highest BCUT2D eigenvalue weighted by atomic mass is 32.2. The van der Waals surface area contributed by atoms with Crippen molar-refractivity contribution >= 4 is 17.7 Å². The van der Waals surface area contributed by atoms with Crippen molar-refractivity contribution in [2.24, 2.45) is 0 Å². The van der Waals surface area contributed by atoms with Crippen LogP contribution in [0.1, 0.15) is 39.7 Å². The van der Waals surface area contributed by atoms with Gasteiger partial charge in [0.05, 0.1) is 11.3 Å². The zero-order chi connectivity index (χ0) is 13.1. The molecule has 1 fully saturated rings. The van der Waals surface area contributed by atoms with E-state index in [1.165, 1.54) is 11.8 Å². The molecule has 6 nitrogen and oxygen atoms in total. The van der Waals surface area contributed by atoms with Crippen molar-refractivity contribution in [2.75, 3.05) is 13.1 Å². The van der Waals surface area contributed by atoms with Gasteiger partial charge in [-0.3, -0.25) is 4.79 Å². The molecule has 0 radical (unpaired) electrons. The van der Waals surface area contributed by atoms with E-state index in [9.17, 15) is 4.79 Å². The fourth-order valence-electron chi connectivity index (χ4n) is 1.99. The van der Waals surface area contributed by atoms with Crippen LogP contribution in [0.2, 0.25) is 0 Å². The van der Waals surface area contributed by atoms with E-state index < -0.39 is 0 Å². The second kappa shape index (κ2) is 5.69. The van der Waals surface area contributed by atoms with E-state index in [0.717, 1.165) is 25.9 Å². The molecule has 18 heavy (non-hydrogen) atoms. The van der Waals surface area contributed by atoms with Crippen molar-refractivity contribution < 1.29 is 4.79 Å². The third-order valence-corrected chi connectivity index (χ3v) is 4.03. The van der Waals surface area contributed by atoms with E-state index in [-0.39, 0.29) is 17.2 Å². The maximum atomic E-state index is 12.2. The van der Waals surface area contributed by atoms with Crippen LogP contribution in [0, 0.1) is 0 Å². The van der Waals surface area contributed by atoms with Gasteiger partial charge in [-0.1, -0.05) is 11.8 Å². The van der Waals surface area contributed by atoms with Crippen molar-refractivity contribution in [1.29, 1.82) is 0 Å². The molecule has 2 heterocycles. The molecule has 1 aromatic rings. The molecule has 1 aromatic heterocycles. The van der Waals surface area contributed by atoms with E-state index in [0.29, 0.717) is 5.16 Å². The summed E-state index contributed by atoms with van der Waals surface area (Å²) >= 11 is 1.44. The Labute approximate surface area is 111 Å². The van der Waals surface area contributed by atoms with Gasteiger partial charge in [-0.2, -0.15) is 0 Å². The average Bonchev–Trinajstić information content (AvgIpc) is 2.98. The van der Waals surface area contributed by atoms with Gasteiger partial charge in [0.25, 0.3) is 0 Å². The van der Waals surface area contributed by atoms with Gasteiger partial charge in [0.1, 0.15) is 0 Å². The first-order valence-electron chi connectivity index (χ1n) is 6.33. The van der Waals surface area contributed by atoms with Gasteiger partial charge in [0.15, 0.2) is 0 Å². The van der Waals surface area contributed by atoms with Crippen LogP contribution in [-0.2, 0) is 4.79 Å². The number of rotatable bonds is 4. The minimum atomic E-state index is -0.133. The summed E-state index contributed by atoms with van der Waals surface area (Å²) in [6, 6.07) is 0.205. The standard InChI is InChI=1S/C11H19N5OS/c1-8(2)16-11(12-13-14-16)18-9(3)10(17)15-6-4-5-7-15/h8-9H,4-7H2,1-3H3. The highest BCUT2D eigenvalue weighted by molar-refractivity contribution is 8.00. The Morgan fingerprint density at radius 1 is 1.28 bits per heavy atom. The number of carbonyl (C=O) groups excluding carboxylic acids is 1. The average molecular weight is 269 g/mol. The monoisotopic (exact) mass is 269 g/mol. The van der Waals surface area contributed by atoms with Gasteiger partial charge < -0.3 is 4.90 Å². The van der Waals surface area contributed by atoms with E-state index in [1.54, 1.807) is 4.68 Å². The Bertz CT molecular complexity index is 413. The molecule has 1 amide bonds. The molecular formula is C11H19N5OS. The van der Waals surface area contributed by atoms with E-state index in [1.807, 2.05) is 25.7 Å². The first-order chi connectivity index (χ1) is 8.59. The Kier molecular flexibility index (Phi) is 4.21. The molecule has 1 atom stereocenters. The van der Waals surface area contributed by atoms with E-state index in [4.69, 9.17) is 0 Å². The number of tetrazole rings is 1. The molecule has 1 aliphatic heterocycles. The highest BCUT2D eigenvalue weighted by Gasteiger charge is 2.25. The van der Waals surface area contributed by atoms with Crippen LogP contribution >= 0.6 is 11.8 Å². The van der Waals surface area contributed by atoms with Gasteiger partial charge in [0, 0.05) is 13.1 Å². The third kappa shape index (κ3) is 2.82. The largest absolute Gasteiger partial charge is 0.342 e. The van der Waals surface area contributed by atoms with Crippen molar-refractivity contribution in [2.45, 2.75) is 50.1 Å². The lowest BCUT2D eigenvalue weighted by Gasteiger charge is -2.19. The summed E-state index contributed by atoms with van der Waals surface area (Å²) in [5.74, 6) is 0.191. The summed E-state index contributed by atoms with van der Waals surface area (Å²) in [6.45, 7) is 7.74. The molecular weight excluding hydrogens is 250 g/mol. The van der Waals surface area contributed by atoms with Crippen LogP contribution in [-0.4, -0.2) is 49.4 Å². The second-order valence-corrected chi connectivity index (χ2v) is 6.10. The first kappa shape index (κ1) is 13.3. The molecule has 1 aliphatic rings. The minimum absolute atomic E-state index is 0.133. The number of nitrogens with zero attached hydrogens (tertiary/aromatic N) is 5. The van der Waals surface area contributed by atoms with Gasteiger partial charge in [0.2, 0.25) is 11.1 Å². The summed E-state index contributed by atoms with van der Waals surface area (Å²) < 4.78 is 1.75. The molecule has 1 saturated heterocycles. The van der Waals surface area contributed by atoms with Gasteiger partial charge >= 0.3 is 0 Å². The van der Waals surface area contributed by atoms with Crippen LogP contribution in [0.5, 0.6) is 0 Å². The number of thioether (sulfide) groups is 1. The molecule has 7 heteroatoms. The van der Waals surface area contributed by atoms with Gasteiger partial charge in [-0.15, -0.1) is 5.10 Å². The van der Waals surface area contributed by atoms with Gasteiger partial charge in [-0.05, 0) is 44.0 Å². The van der Waals surface area contributed by atoms with Crippen LogP contribution in [0.3, 0.4) is 0 Å². The van der Waals surface area contributed by atoms with Crippen molar-refractivity contribution in [1.82, 2.24) is 25.1 Å². The Morgan fingerprint density at radius 2 is 1.94 bits per heavy atom. The molecule has 0 N–H and O–H groups in total. The zero-order valence-corrected chi connectivity index (χ0v) is 11.9. The molecule has 0 spiro atoms. The fourth-order valence-corrected chi connectivity index (χ4v) is 3.00. The summed E-state index contributed by atoms with van der Waals surface area (Å²) in [5.41, 5.74) is 0. The van der Waals surface area contributed by atoms with Crippen LogP contribution < -0.4 is 0 Å². The van der Waals surface area contributed by atoms with E-state index in [2.05, 4.69) is 15.5 Å². The predicted octanol–water partition coefficient (Wildman–Crippen LogP) is 1.36. The smallest absolute Gasteiger partial charge is 0.235 e. The third-order valence-electron chi connectivity index (χ3n) is 3.00. The summed E-state index contributed by atoms with van der Waals surface area (Å²) in [6.07, 6.45) is 2.24. The molecule has 0 aromatic carbocycles. The molecule has 0 saturated carbocycles. The second-order valence-electron chi connectivity index (χ2n) is 4.79. The first-order valence-corrected chi connectivity index (χ1v) is 7.21. The van der Waals surface area contributed by atoms with Crippen LogP contribution in [0.4, 0.5) is 0 Å². The number of carbonyl (C=O) groups is 1. The zero-order valence-electron chi connectivity index (χ0n) is 11.0. The molecule has 1 unspecified atom stereocenters. The molecule has 2 rings (SSSR count). The van der Waals surface area contributed by atoms with Gasteiger partial charge in [-0.25, -0.2) is 4.68 Å². The summed E-state index contributed by atoms with van der Waals surface area (Å²) in [4.78, 5) is 14.1. The number of aromatic nitrogens is 4. The van der Waals surface area contributed by atoms with Crippen LogP contribution in [0.15, 0.2) is 5.16 Å². The van der Waals surface area contributed by atoms with Crippen molar-refractivity contribution in [3.05, 3.63) is 0 Å². The van der Waals surface area contributed by atoms with Crippen molar-refractivity contribution in [3.63, 3.8) is 0 Å². The lowest BCUT2D eigenvalue weighted by molar-refractivity contribution is -0.129. The Balaban J connectivity index is 1.99. The fraction of sp³-hybridized carbons (Fsp3) is 0.818. The number of amides is 1. The number of hydrogen-bond acceptors (Lipinski definition) is 5. The lowest BCUT2D eigenvalue weighted by Crippen LogP contribution is -2.34. The maximum absolute atomic E-state index is 12.2. The lowest BCUT2D eigenvalue weighted by atomic mass is 10.4. The van der Waals surface area contributed by atoms with Crippen molar-refractivity contribution in [3.8, 4) is 0 Å². The highest BCUT2D eigenvalue weighted by Crippen LogP contribution is 2.24. The predicted molar refractivity (Wildman–Crippen MR) is 69.3 cm³/mol. The minimum Gasteiger partial charge on any atom is -0.342 e. The molecule has 100 valence electrons. The number of hydrogen-bond donors (Lipinski definition) is 0. The summed E-state index contributed by atoms with van der Waals surface area (Å²) in [5, 5.41) is 12.2. The normalized spacial score (nSPS) is 17.4. The van der Waals surface area contributed by atoms with Crippen LogP contribution in [0.25, 0.3) is 0 Å². The Hall–Kier alpha value is -1.11. The van der Waals surface area contributed by atoms with E-state index >= 15 is 0 Å². The molecule has 0 aliphatic carbocycles. The number of likely N-dealkylation sites (tertiary alicyclic amines) is 1. The SMILES string of the molecule is CC(Sc1nnnn1C(C)C)C(=O)N1CCCC1. The maximum Gasteiger partial charge on any atom is 0.235 e. The summed E-state index contributed by atoms with van der Waals surface area (Å²) in [7, 11) is 0. The topological polar surface area (TPSA) is 63.9 Å². The Morgan fingerprint density at radius 3 is 2.56 bits per heavy atom. The molecule has 0 bridgehead atoms.